The molecule has 1 aliphatic heterocycles. The molecule has 0 saturated carbocycles. The van der Waals surface area contributed by atoms with E-state index in [0.29, 0.717) is 18.5 Å². The quantitative estimate of drug-likeness (QED) is 0.585. The third-order valence-corrected chi connectivity index (χ3v) is 5.57. The van der Waals surface area contributed by atoms with Crippen molar-refractivity contribution in [1.82, 2.24) is 15.5 Å². The van der Waals surface area contributed by atoms with Gasteiger partial charge in [-0.15, -0.1) is 0 Å². The monoisotopic (exact) mass is 390 g/mol. The molecule has 2 aromatic carbocycles. The standard InChI is InChI=1S/C23H26N4O2/c1-15-12-20(23(29)27(2)21-11-7-6-10-18(15)21)24-22(28)19-14-17(25-26-19)13-16-8-4-3-5-9-16/h3-11,14-15,20,22,24,28H,12-13H2,1-2H3,(H,25,26)/t15-,20+,22?/m0/s1. The molecular weight excluding hydrogens is 364 g/mol. The molecule has 1 amide bonds. The van der Waals surface area contributed by atoms with Crippen LogP contribution in [-0.2, 0) is 11.2 Å². The lowest BCUT2D eigenvalue weighted by molar-refractivity contribution is -0.121. The van der Waals surface area contributed by atoms with Crippen LogP contribution < -0.4 is 10.2 Å². The van der Waals surface area contributed by atoms with E-state index in [-0.39, 0.29) is 11.8 Å². The van der Waals surface area contributed by atoms with E-state index in [1.807, 2.05) is 54.6 Å². The van der Waals surface area contributed by atoms with E-state index in [9.17, 15) is 9.90 Å². The van der Waals surface area contributed by atoms with Crippen LogP contribution in [0, 0.1) is 0 Å². The summed E-state index contributed by atoms with van der Waals surface area (Å²) in [6, 6.07) is 19.4. The van der Waals surface area contributed by atoms with Crippen molar-refractivity contribution < 1.29 is 9.90 Å². The van der Waals surface area contributed by atoms with Gasteiger partial charge in [0.25, 0.3) is 0 Å². The van der Waals surface area contributed by atoms with Crippen molar-refractivity contribution in [2.24, 2.45) is 0 Å². The van der Waals surface area contributed by atoms with Crippen LogP contribution in [0.25, 0.3) is 0 Å². The van der Waals surface area contributed by atoms with Gasteiger partial charge in [-0.1, -0.05) is 55.5 Å². The summed E-state index contributed by atoms with van der Waals surface area (Å²) < 4.78 is 0. The van der Waals surface area contributed by atoms with Gasteiger partial charge in [0.05, 0.1) is 6.04 Å². The molecule has 1 aliphatic rings. The molecule has 0 radical (unpaired) electrons. The molecule has 1 unspecified atom stereocenters. The summed E-state index contributed by atoms with van der Waals surface area (Å²) in [5.41, 5.74) is 4.64. The number of aliphatic hydroxyl groups excluding tert-OH is 1. The number of carbonyl (C=O) groups is 1. The maximum atomic E-state index is 13.0. The first kappa shape index (κ1) is 19.4. The molecule has 4 rings (SSSR count). The molecule has 1 aromatic heterocycles. The van der Waals surface area contributed by atoms with Crippen molar-refractivity contribution in [3.63, 3.8) is 0 Å². The van der Waals surface area contributed by atoms with Gasteiger partial charge in [0.1, 0.15) is 5.69 Å². The third-order valence-electron chi connectivity index (χ3n) is 5.57. The number of aromatic nitrogens is 2. The molecule has 6 nitrogen and oxygen atoms in total. The number of amides is 1. The summed E-state index contributed by atoms with van der Waals surface area (Å²) >= 11 is 0. The summed E-state index contributed by atoms with van der Waals surface area (Å²) in [5, 5.41) is 21.0. The second kappa shape index (κ2) is 8.19. The number of nitrogens with one attached hydrogen (secondary N) is 2. The van der Waals surface area contributed by atoms with Gasteiger partial charge < -0.3 is 10.0 Å². The number of anilines is 1. The average molecular weight is 390 g/mol. The van der Waals surface area contributed by atoms with Gasteiger partial charge in [0.2, 0.25) is 5.91 Å². The molecular formula is C23H26N4O2. The Morgan fingerprint density at radius 1 is 1.21 bits per heavy atom. The van der Waals surface area contributed by atoms with E-state index in [1.54, 1.807) is 11.9 Å². The summed E-state index contributed by atoms with van der Waals surface area (Å²) in [6.45, 7) is 2.11. The van der Waals surface area contributed by atoms with Crippen molar-refractivity contribution in [3.05, 3.63) is 83.2 Å². The molecule has 0 fully saturated rings. The van der Waals surface area contributed by atoms with Crippen LogP contribution in [-0.4, -0.2) is 34.3 Å². The molecule has 0 saturated heterocycles. The van der Waals surface area contributed by atoms with Crippen LogP contribution in [0.1, 0.15) is 48.0 Å². The van der Waals surface area contributed by atoms with Crippen LogP contribution >= 0.6 is 0 Å². The largest absolute Gasteiger partial charge is 0.373 e. The lowest BCUT2D eigenvalue weighted by atomic mass is 9.94. The lowest BCUT2D eigenvalue weighted by Crippen LogP contribution is -2.46. The molecule has 0 aliphatic carbocycles. The van der Waals surface area contributed by atoms with Gasteiger partial charge in [0, 0.05) is 24.8 Å². The minimum Gasteiger partial charge on any atom is -0.373 e. The number of H-pyrrole nitrogens is 1. The molecule has 0 bridgehead atoms. The van der Waals surface area contributed by atoms with Crippen molar-refractivity contribution >= 4 is 11.6 Å². The van der Waals surface area contributed by atoms with Crippen LogP contribution in [0.4, 0.5) is 5.69 Å². The Morgan fingerprint density at radius 2 is 1.93 bits per heavy atom. The van der Waals surface area contributed by atoms with E-state index in [1.165, 1.54) is 0 Å². The first-order chi connectivity index (χ1) is 14.0. The van der Waals surface area contributed by atoms with Gasteiger partial charge in [-0.3, -0.25) is 15.2 Å². The number of para-hydroxylation sites is 1. The lowest BCUT2D eigenvalue weighted by Gasteiger charge is -2.24. The normalized spacial score (nSPS) is 20.2. The number of rotatable bonds is 5. The SMILES string of the molecule is C[C@H]1C[C@@H](NC(O)c2cc(Cc3ccccc3)[nH]n2)C(=O)N(C)c2ccccc21. The van der Waals surface area contributed by atoms with E-state index in [2.05, 4.69) is 28.5 Å². The van der Waals surface area contributed by atoms with Crippen LogP contribution in [0.5, 0.6) is 0 Å². The van der Waals surface area contributed by atoms with E-state index in [4.69, 9.17) is 0 Å². The van der Waals surface area contributed by atoms with Crippen LogP contribution in [0.2, 0.25) is 0 Å². The highest BCUT2D eigenvalue weighted by Gasteiger charge is 2.33. The zero-order valence-electron chi connectivity index (χ0n) is 16.7. The fourth-order valence-electron chi connectivity index (χ4n) is 3.98. The van der Waals surface area contributed by atoms with Crippen LogP contribution in [0.15, 0.2) is 60.7 Å². The fraction of sp³-hybridized carbons (Fsp3) is 0.304. The zero-order valence-corrected chi connectivity index (χ0v) is 16.7. The van der Waals surface area contributed by atoms with Gasteiger partial charge in [-0.05, 0) is 35.6 Å². The van der Waals surface area contributed by atoms with E-state index in [0.717, 1.165) is 22.5 Å². The van der Waals surface area contributed by atoms with E-state index >= 15 is 0 Å². The molecule has 2 heterocycles. The summed E-state index contributed by atoms with van der Waals surface area (Å²) in [4.78, 5) is 14.7. The Bertz CT molecular complexity index is 985. The zero-order chi connectivity index (χ0) is 20.4. The molecule has 6 heteroatoms. The average Bonchev–Trinajstić information content (AvgIpc) is 3.18. The predicted octanol–water partition coefficient (Wildman–Crippen LogP) is 3.12. The molecule has 150 valence electrons. The Hall–Kier alpha value is -2.96. The van der Waals surface area contributed by atoms with E-state index < -0.39 is 12.3 Å². The topological polar surface area (TPSA) is 81.2 Å². The number of hydrogen-bond acceptors (Lipinski definition) is 4. The Kier molecular flexibility index (Phi) is 5.47. The summed E-state index contributed by atoms with van der Waals surface area (Å²) in [6.07, 6.45) is 0.294. The van der Waals surface area contributed by atoms with Gasteiger partial charge in [-0.2, -0.15) is 5.10 Å². The molecule has 3 atom stereocenters. The van der Waals surface area contributed by atoms with Gasteiger partial charge in [0.15, 0.2) is 6.23 Å². The number of carbonyl (C=O) groups excluding carboxylic acids is 1. The number of hydrogen-bond donors (Lipinski definition) is 3. The second-order valence-corrected chi connectivity index (χ2v) is 7.70. The smallest absolute Gasteiger partial charge is 0.243 e. The number of fused-ring (bicyclic) bond motifs is 1. The molecule has 3 N–H and O–H groups in total. The first-order valence-corrected chi connectivity index (χ1v) is 9.91. The second-order valence-electron chi connectivity index (χ2n) is 7.70. The minimum absolute atomic E-state index is 0.0547. The summed E-state index contributed by atoms with van der Waals surface area (Å²) in [7, 11) is 1.78. The minimum atomic E-state index is -1.02. The predicted molar refractivity (Wildman–Crippen MR) is 113 cm³/mol. The highest BCUT2D eigenvalue weighted by Crippen LogP contribution is 2.34. The summed E-state index contributed by atoms with van der Waals surface area (Å²) in [5.74, 6) is 0.138. The number of nitrogens with zero attached hydrogens (tertiary/aromatic N) is 2. The molecule has 29 heavy (non-hydrogen) atoms. The fourth-order valence-corrected chi connectivity index (χ4v) is 3.98. The van der Waals surface area contributed by atoms with Crippen molar-refractivity contribution in [3.8, 4) is 0 Å². The Balaban J connectivity index is 1.47. The Labute approximate surface area is 170 Å². The first-order valence-electron chi connectivity index (χ1n) is 9.91. The number of likely N-dealkylation sites (N-methyl/N-ethyl adjacent to an activating group) is 1. The maximum absolute atomic E-state index is 13.0. The Morgan fingerprint density at radius 3 is 2.72 bits per heavy atom. The molecule has 0 spiro atoms. The maximum Gasteiger partial charge on any atom is 0.243 e. The number of aliphatic hydroxyl groups is 1. The molecule has 3 aromatic rings. The number of benzene rings is 2. The van der Waals surface area contributed by atoms with Crippen LogP contribution in [0.3, 0.4) is 0 Å². The van der Waals surface area contributed by atoms with Crippen molar-refractivity contribution in [1.29, 1.82) is 0 Å². The third kappa shape index (κ3) is 4.09. The number of aromatic amines is 1. The van der Waals surface area contributed by atoms with Gasteiger partial charge >= 0.3 is 0 Å². The highest BCUT2D eigenvalue weighted by atomic mass is 16.3. The van der Waals surface area contributed by atoms with Gasteiger partial charge in [-0.25, -0.2) is 0 Å². The highest BCUT2D eigenvalue weighted by molar-refractivity contribution is 5.98. The van der Waals surface area contributed by atoms with Crippen molar-refractivity contribution in [2.75, 3.05) is 11.9 Å². The van der Waals surface area contributed by atoms with Crippen molar-refractivity contribution in [2.45, 2.75) is 38.0 Å².